The number of halogens is 3. The molecule has 0 saturated heterocycles. The van der Waals surface area contributed by atoms with Crippen LogP contribution >= 0.6 is 0 Å². The van der Waals surface area contributed by atoms with Crippen molar-refractivity contribution in [2.45, 2.75) is 44.3 Å². The average Bonchev–Trinajstić information content (AvgIpc) is 3.06. The number of hydrogen-bond acceptors (Lipinski definition) is 1. The molecule has 0 amide bonds. The van der Waals surface area contributed by atoms with Crippen LogP contribution in [-0.4, -0.2) is 7.05 Å². The quantitative estimate of drug-likeness (QED) is 0.842. The van der Waals surface area contributed by atoms with Gasteiger partial charge in [0.15, 0.2) is 0 Å². The van der Waals surface area contributed by atoms with E-state index < -0.39 is 11.7 Å². The molecule has 4 unspecified atom stereocenters. The normalized spacial score (nSPS) is 29.8. The molecule has 1 nitrogen and oxygen atoms in total. The van der Waals surface area contributed by atoms with Crippen LogP contribution in [0, 0.1) is 17.8 Å². The van der Waals surface area contributed by atoms with Gasteiger partial charge in [0.2, 0.25) is 0 Å². The van der Waals surface area contributed by atoms with E-state index in [0.29, 0.717) is 5.92 Å². The third-order valence-electron chi connectivity index (χ3n) is 5.39. The van der Waals surface area contributed by atoms with Crippen LogP contribution < -0.4 is 5.32 Å². The molecule has 3 rings (SSSR count). The van der Waals surface area contributed by atoms with Crippen molar-refractivity contribution in [1.29, 1.82) is 0 Å². The van der Waals surface area contributed by atoms with Crippen LogP contribution in [0.1, 0.15) is 49.3 Å². The van der Waals surface area contributed by atoms with E-state index in [2.05, 4.69) is 5.32 Å². The first kappa shape index (κ1) is 14.9. The summed E-state index contributed by atoms with van der Waals surface area (Å²) in [6.45, 7) is 0. The molecule has 4 heteroatoms. The van der Waals surface area contributed by atoms with Crippen molar-refractivity contribution >= 4 is 0 Å². The van der Waals surface area contributed by atoms with E-state index in [1.807, 2.05) is 13.1 Å². The number of hydrogen-bond donors (Lipinski definition) is 1. The highest BCUT2D eigenvalue weighted by Crippen LogP contribution is 2.51. The zero-order valence-corrected chi connectivity index (χ0v) is 12.3. The highest BCUT2D eigenvalue weighted by molar-refractivity contribution is 5.28. The van der Waals surface area contributed by atoms with Gasteiger partial charge in [0.1, 0.15) is 0 Å². The molecular weight excluding hydrogens is 275 g/mol. The summed E-state index contributed by atoms with van der Waals surface area (Å²) in [7, 11) is 1.85. The van der Waals surface area contributed by atoms with E-state index in [-0.39, 0.29) is 6.04 Å². The summed E-state index contributed by atoms with van der Waals surface area (Å²) in [6.07, 6.45) is 1.97. The van der Waals surface area contributed by atoms with Crippen molar-refractivity contribution in [3.63, 3.8) is 0 Å². The number of rotatable bonds is 4. The Labute approximate surface area is 123 Å². The van der Waals surface area contributed by atoms with Crippen LogP contribution in [0.25, 0.3) is 0 Å². The Morgan fingerprint density at radius 2 is 2.05 bits per heavy atom. The second kappa shape index (κ2) is 5.64. The van der Waals surface area contributed by atoms with Gasteiger partial charge in [-0.1, -0.05) is 18.6 Å². The minimum absolute atomic E-state index is 0.0247. The standard InChI is InChI=1S/C17H22F3N/c1-21-16(10-14-8-11-5-6-12(14)7-11)13-3-2-4-15(9-13)17(18,19)20/h2-4,9,11-12,14,16,21H,5-8,10H2,1H3. The van der Waals surface area contributed by atoms with Crippen LogP contribution in [-0.2, 0) is 6.18 Å². The molecule has 0 spiro atoms. The first-order chi connectivity index (χ1) is 9.97. The summed E-state index contributed by atoms with van der Waals surface area (Å²) in [4.78, 5) is 0. The Kier molecular flexibility index (Phi) is 4.00. The van der Waals surface area contributed by atoms with Crippen LogP contribution in [0.3, 0.4) is 0 Å². The molecule has 4 atom stereocenters. The van der Waals surface area contributed by atoms with Crippen LogP contribution in [0.4, 0.5) is 13.2 Å². The van der Waals surface area contributed by atoms with Crippen molar-refractivity contribution in [3.8, 4) is 0 Å². The maximum Gasteiger partial charge on any atom is 0.416 e. The lowest BCUT2D eigenvalue weighted by atomic mass is 9.82. The molecule has 2 saturated carbocycles. The maximum absolute atomic E-state index is 12.8. The van der Waals surface area contributed by atoms with Gasteiger partial charge in [0.25, 0.3) is 0 Å². The number of fused-ring (bicyclic) bond motifs is 2. The number of benzene rings is 1. The van der Waals surface area contributed by atoms with Gasteiger partial charge in [0.05, 0.1) is 5.56 Å². The summed E-state index contributed by atoms with van der Waals surface area (Å²) in [5.41, 5.74) is 0.211. The van der Waals surface area contributed by atoms with Crippen molar-refractivity contribution in [2.24, 2.45) is 17.8 Å². The van der Waals surface area contributed by atoms with E-state index >= 15 is 0 Å². The molecule has 0 radical (unpaired) electrons. The molecule has 21 heavy (non-hydrogen) atoms. The van der Waals surface area contributed by atoms with Gasteiger partial charge in [0, 0.05) is 6.04 Å². The van der Waals surface area contributed by atoms with E-state index in [1.165, 1.54) is 37.8 Å². The second-order valence-electron chi connectivity index (χ2n) is 6.64. The summed E-state index contributed by atoms with van der Waals surface area (Å²) >= 11 is 0. The first-order valence-corrected chi connectivity index (χ1v) is 7.81. The molecule has 2 aliphatic carbocycles. The monoisotopic (exact) mass is 297 g/mol. The lowest BCUT2D eigenvalue weighted by Gasteiger charge is -2.27. The molecule has 1 aromatic rings. The maximum atomic E-state index is 12.8. The summed E-state index contributed by atoms with van der Waals surface area (Å²) in [6, 6.07) is 5.80. The fourth-order valence-corrected chi connectivity index (χ4v) is 4.32. The minimum Gasteiger partial charge on any atom is -0.313 e. The SMILES string of the molecule is CNC(CC1CC2CCC1C2)c1cccc(C(F)(F)F)c1. The van der Waals surface area contributed by atoms with Crippen molar-refractivity contribution in [2.75, 3.05) is 7.05 Å². The Hall–Kier alpha value is -1.03. The summed E-state index contributed by atoms with van der Waals surface area (Å²) < 4.78 is 38.5. The first-order valence-electron chi connectivity index (χ1n) is 7.81. The summed E-state index contributed by atoms with van der Waals surface area (Å²) in [5.74, 6) is 2.35. The van der Waals surface area contributed by atoms with Gasteiger partial charge in [-0.15, -0.1) is 0 Å². The van der Waals surface area contributed by atoms with Gasteiger partial charge in [-0.25, -0.2) is 0 Å². The van der Waals surface area contributed by atoms with Gasteiger partial charge in [-0.05, 0) is 68.2 Å². The molecule has 0 aromatic heterocycles. The Morgan fingerprint density at radius 1 is 1.24 bits per heavy atom. The molecule has 2 aliphatic rings. The number of alkyl halides is 3. The third-order valence-corrected chi connectivity index (χ3v) is 5.39. The molecule has 2 fully saturated rings. The van der Waals surface area contributed by atoms with Crippen molar-refractivity contribution in [3.05, 3.63) is 35.4 Å². The van der Waals surface area contributed by atoms with Gasteiger partial charge < -0.3 is 5.32 Å². The van der Waals surface area contributed by atoms with Crippen LogP contribution in [0.2, 0.25) is 0 Å². The third kappa shape index (κ3) is 3.10. The Morgan fingerprint density at radius 3 is 2.62 bits per heavy atom. The minimum atomic E-state index is -4.26. The fourth-order valence-electron chi connectivity index (χ4n) is 4.32. The van der Waals surface area contributed by atoms with Gasteiger partial charge >= 0.3 is 6.18 Å². The highest BCUT2D eigenvalue weighted by Gasteiger charge is 2.40. The predicted octanol–water partition coefficient (Wildman–Crippen LogP) is 4.79. The molecule has 0 heterocycles. The fraction of sp³-hybridized carbons (Fsp3) is 0.647. The second-order valence-corrected chi connectivity index (χ2v) is 6.64. The number of nitrogens with one attached hydrogen (secondary N) is 1. The molecular formula is C17H22F3N. The lowest BCUT2D eigenvalue weighted by molar-refractivity contribution is -0.137. The van der Waals surface area contributed by atoms with Gasteiger partial charge in [-0.3, -0.25) is 0 Å². The molecule has 1 aromatic carbocycles. The van der Waals surface area contributed by atoms with Crippen LogP contribution in [0.5, 0.6) is 0 Å². The van der Waals surface area contributed by atoms with E-state index in [0.717, 1.165) is 29.9 Å². The zero-order chi connectivity index (χ0) is 15.0. The Bertz CT molecular complexity index is 497. The predicted molar refractivity (Wildman–Crippen MR) is 76.8 cm³/mol. The Balaban J connectivity index is 1.74. The molecule has 1 N–H and O–H groups in total. The summed E-state index contributed by atoms with van der Waals surface area (Å²) in [5, 5.41) is 3.22. The van der Waals surface area contributed by atoms with E-state index in [9.17, 15) is 13.2 Å². The van der Waals surface area contributed by atoms with E-state index in [1.54, 1.807) is 0 Å². The molecule has 116 valence electrons. The zero-order valence-electron chi connectivity index (χ0n) is 12.3. The van der Waals surface area contributed by atoms with Crippen molar-refractivity contribution in [1.82, 2.24) is 5.32 Å². The molecule has 0 aliphatic heterocycles. The average molecular weight is 297 g/mol. The van der Waals surface area contributed by atoms with Crippen LogP contribution in [0.15, 0.2) is 24.3 Å². The highest BCUT2D eigenvalue weighted by atomic mass is 19.4. The molecule has 2 bridgehead atoms. The largest absolute Gasteiger partial charge is 0.416 e. The lowest BCUT2D eigenvalue weighted by Crippen LogP contribution is -2.23. The van der Waals surface area contributed by atoms with Crippen molar-refractivity contribution < 1.29 is 13.2 Å². The smallest absolute Gasteiger partial charge is 0.313 e. The topological polar surface area (TPSA) is 12.0 Å². The van der Waals surface area contributed by atoms with E-state index in [4.69, 9.17) is 0 Å². The van der Waals surface area contributed by atoms with Gasteiger partial charge in [-0.2, -0.15) is 13.2 Å².